The Balaban J connectivity index is 0.000000880. The molecule has 0 aliphatic heterocycles. The molecule has 3 heteroatoms. The molecule has 0 aromatic carbocycles. The zero-order valence-electron chi connectivity index (χ0n) is 17.4. The SMILES string of the molecule is COC(C)(C)CC1(C)C2CC(C3C4CC(C(C)C4C)C32)C1(C)C.II. The maximum Gasteiger partial charge on any atom is 0.0628 e. The van der Waals surface area contributed by atoms with Crippen LogP contribution >= 0.6 is 37.2 Å². The first-order chi connectivity index (χ1) is 11.5. The summed E-state index contributed by atoms with van der Waals surface area (Å²) < 4.78 is 5.88. The predicted molar refractivity (Wildman–Crippen MR) is 124 cm³/mol. The van der Waals surface area contributed by atoms with Gasteiger partial charge in [-0.2, -0.15) is 0 Å². The van der Waals surface area contributed by atoms with Gasteiger partial charge in [0.2, 0.25) is 0 Å². The summed E-state index contributed by atoms with van der Waals surface area (Å²) in [6, 6.07) is 0. The van der Waals surface area contributed by atoms with Gasteiger partial charge in [-0.3, -0.25) is 0 Å². The molecule has 9 atom stereocenters. The molecule has 0 heterocycles. The van der Waals surface area contributed by atoms with Gasteiger partial charge < -0.3 is 4.74 Å². The molecule has 4 saturated carbocycles. The lowest BCUT2D eigenvalue weighted by Crippen LogP contribution is -2.53. The molecule has 0 aromatic heterocycles. The highest BCUT2D eigenvalue weighted by Gasteiger charge is 2.74. The van der Waals surface area contributed by atoms with Crippen molar-refractivity contribution in [3.05, 3.63) is 0 Å². The summed E-state index contributed by atoms with van der Waals surface area (Å²) in [5.41, 5.74) is 0.899. The van der Waals surface area contributed by atoms with Crippen LogP contribution in [0.25, 0.3) is 0 Å². The molecule has 0 radical (unpaired) electrons. The normalized spacial score (nSPS) is 52.1. The van der Waals surface area contributed by atoms with Gasteiger partial charge in [-0.25, -0.2) is 0 Å². The first-order valence-electron chi connectivity index (χ1n) is 10.2. The Bertz CT molecular complexity index is 516. The maximum atomic E-state index is 5.88. The van der Waals surface area contributed by atoms with Crippen LogP contribution in [0.5, 0.6) is 0 Å². The van der Waals surface area contributed by atoms with Gasteiger partial charge in [0.25, 0.3) is 0 Å². The Hall–Kier alpha value is 1.42. The Kier molecular flexibility index (Phi) is 5.70. The highest BCUT2D eigenvalue weighted by molar-refractivity contribution is 15.0. The lowest BCUT2D eigenvalue weighted by atomic mass is 9.48. The smallest absolute Gasteiger partial charge is 0.0628 e. The van der Waals surface area contributed by atoms with Crippen molar-refractivity contribution in [1.82, 2.24) is 0 Å². The lowest BCUT2D eigenvalue weighted by molar-refractivity contribution is -0.122. The minimum Gasteiger partial charge on any atom is -0.379 e. The van der Waals surface area contributed by atoms with Crippen molar-refractivity contribution in [3.8, 4) is 0 Å². The van der Waals surface area contributed by atoms with Gasteiger partial charge in [-0.05, 0) is 91.3 Å². The molecule has 25 heavy (non-hydrogen) atoms. The van der Waals surface area contributed by atoms with Gasteiger partial charge in [-0.15, -0.1) is 0 Å². The van der Waals surface area contributed by atoms with Crippen LogP contribution in [0.2, 0.25) is 0 Å². The number of rotatable bonds is 3. The van der Waals surface area contributed by atoms with Gasteiger partial charge in [0.15, 0.2) is 0 Å². The van der Waals surface area contributed by atoms with Crippen molar-refractivity contribution in [3.63, 3.8) is 0 Å². The van der Waals surface area contributed by atoms with E-state index in [0.29, 0.717) is 10.8 Å². The topological polar surface area (TPSA) is 9.23 Å². The minimum atomic E-state index is 0.00250. The van der Waals surface area contributed by atoms with E-state index in [4.69, 9.17) is 4.74 Å². The number of halogens is 2. The van der Waals surface area contributed by atoms with Crippen LogP contribution in [0.4, 0.5) is 0 Å². The highest BCUT2D eigenvalue weighted by atomic mass is 128. The zero-order chi connectivity index (χ0) is 18.9. The molecule has 0 aromatic rings. The van der Waals surface area contributed by atoms with E-state index in [2.05, 4.69) is 85.7 Å². The van der Waals surface area contributed by atoms with Crippen molar-refractivity contribution < 1.29 is 4.74 Å². The second kappa shape index (κ2) is 6.74. The van der Waals surface area contributed by atoms with Crippen LogP contribution in [0, 0.1) is 58.2 Å². The van der Waals surface area contributed by atoms with E-state index in [1.54, 1.807) is 6.42 Å². The van der Waals surface area contributed by atoms with Gasteiger partial charge >= 0.3 is 0 Å². The van der Waals surface area contributed by atoms with Gasteiger partial charge in [0.05, 0.1) is 5.60 Å². The van der Waals surface area contributed by atoms with Crippen LogP contribution in [-0.2, 0) is 4.74 Å². The quantitative estimate of drug-likeness (QED) is 0.253. The first-order valence-corrected chi connectivity index (χ1v) is 16.5. The molecular formula is C22H38I2O. The van der Waals surface area contributed by atoms with Gasteiger partial charge in [0, 0.05) is 44.3 Å². The summed E-state index contributed by atoms with van der Waals surface area (Å²) in [6.45, 7) is 17.5. The van der Waals surface area contributed by atoms with E-state index < -0.39 is 0 Å². The third-order valence-electron chi connectivity index (χ3n) is 10.2. The zero-order valence-corrected chi connectivity index (χ0v) is 21.7. The van der Waals surface area contributed by atoms with E-state index in [1.807, 2.05) is 7.11 Å². The molecule has 0 N–H and O–H groups in total. The molecular weight excluding hydrogens is 534 g/mol. The Labute approximate surface area is 179 Å². The number of hydrogen-bond donors (Lipinski definition) is 0. The molecule has 4 fully saturated rings. The fraction of sp³-hybridized carbons (Fsp3) is 1.00. The molecule has 4 rings (SSSR count). The lowest BCUT2D eigenvalue weighted by Gasteiger charge is -2.57. The Morgan fingerprint density at radius 2 is 1.40 bits per heavy atom. The van der Waals surface area contributed by atoms with Gasteiger partial charge in [0.1, 0.15) is 0 Å². The summed E-state index contributed by atoms with van der Waals surface area (Å²) in [5, 5.41) is 0. The Morgan fingerprint density at radius 3 is 1.88 bits per heavy atom. The number of methoxy groups -OCH3 is 1. The fourth-order valence-electron chi connectivity index (χ4n) is 8.51. The van der Waals surface area contributed by atoms with E-state index in [-0.39, 0.29) is 5.60 Å². The van der Waals surface area contributed by atoms with Crippen LogP contribution in [0.3, 0.4) is 0 Å². The molecule has 9 unspecified atom stereocenters. The van der Waals surface area contributed by atoms with Crippen molar-refractivity contribution >= 4 is 37.2 Å². The second-order valence-electron chi connectivity index (χ2n) is 11.2. The largest absolute Gasteiger partial charge is 0.379 e. The summed E-state index contributed by atoms with van der Waals surface area (Å²) in [7, 11) is 1.90. The van der Waals surface area contributed by atoms with Crippen molar-refractivity contribution in [2.75, 3.05) is 7.11 Å². The molecule has 4 bridgehead atoms. The fourth-order valence-corrected chi connectivity index (χ4v) is 8.51. The minimum absolute atomic E-state index is 0.00250. The molecule has 0 spiro atoms. The number of fused-ring (bicyclic) bond motifs is 9. The van der Waals surface area contributed by atoms with Gasteiger partial charge in [-0.1, -0.05) is 34.6 Å². The average Bonchev–Trinajstić information content (AvgIpc) is 3.23. The standard InChI is InChI=1S/C22H38O.I2/c1-12-13(2)15-9-14(12)18-16-10-17(19(15)18)22(7,21(16,5)6)11-20(3,4)23-8;1-2/h12-19H,9-11H2,1-8H3;. The van der Waals surface area contributed by atoms with Crippen molar-refractivity contribution in [2.24, 2.45) is 58.2 Å². The second-order valence-corrected chi connectivity index (χ2v) is 11.2. The van der Waals surface area contributed by atoms with Crippen LogP contribution in [0.1, 0.15) is 67.7 Å². The van der Waals surface area contributed by atoms with E-state index in [1.165, 1.54) is 12.8 Å². The molecule has 4 aliphatic rings. The van der Waals surface area contributed by atoms with E-state index in [9.17, 15) is 0 Å². The highest BCUT2D eigenvalue weighted by Crippen LogP contribution is 2.79. The third kappa shape index (κ3) is 2.73. The summed E-state index contributed by atoms with van der Waals surface area (Å²) in [6.07, 6.45) is 4.27. The summed E-state index contributed by atoms with van der Waals surface area (Å²) in [4.78, 5) is 0. The molecule has 4 aliphatic carbocycles. The average molecular weight is 572 g/mol. The van der Waals surface area contributed by atoms with E-state index >= 15 is 0 Å². The Morgan fingerprint density at radius 1 is 0.920 bits per heavy atom. The van der Waals surface area contributed by atoms with Crippen LogP contribution in [0.15, 0.2) is 0 Å². The first kappa shape index (κ1) is 21.1. The van der Waals surface area contributed by atoms with Crippen molar-refractivity contribution in [1.29, 1.82) is 0 Å². The summed E-state index contributed by atoms with van der Waals surface area (Å²) in [5.74, 6) is 7.96. The van der Waals surface area contributed by atoms with Crippen LogP contribution in [-0.4, -0.2) is 12.7 Å². The van der Waals surface area contributed by atoms with Crippen molar-refractivity contribution in [2.45, 2.75) is 73.3 Å². The number of ether oxygens (including phenoxy) is 1. The van der Waals surface area contributed by atoms with Crippen LogP contribution < -0.4 is 0 Å². The molecule has 146 valence electrons. The molecule has 1 nitrogen and oxygen atoms in total. The number of hydrogen-bond acceptors (Lipinski definition) is 1. The molecule has 0 saturated heterocycles. The maximum absolute atomic E-state index is 5.88. The molecule has 0 amide bonds. The summed E-state index contributed by atoms with van der Waals surface area (Å²) >= 11 is 4.24. The monoisotopic (exact) mass is 572 g/mol. The predicted octanol–water partition coefficient (Wildman–Crippen LogP) is 7.41. The van der Waals surface area contributed by atoms with E-state index in [0.717, 1.165) is 47.3 Å². The third-order valence-corrected chi connectivity index (χ3v) is 10.2.